The van der Waals surface area contributed by atoms with Gasteiger partial charge in [0.05, 0.1) is 12.2 Å². The van der Waals surface area contributed by atoms with Crippen LogP contribution in [0, 0.1) is 0 Å². The highest BCUT2D eigenvalue weighted by atomic mass is 28.4. The summed E-state index contributed by atoms with van der Waals surface area (Å²) in [5, 5.41) is -0.633. The molecule has 1 aliphatic carbocycles. The molecule has 2 atom stereocenters. The Kier molecular flexibility index (Phi) is 5.81. The van der Waals surface area contributed by atoms with Gasteiger partial charge in [-0.2, -0.15) is 0 Å². The van der Waals surface area contributed by atoms with Crippen LogP contribution in [0.1, 0.15) is 67.2 Å². The number of rotatable bonds is 3. The van der Waals surface area contributed by atoms with E-state index in [1.165, 1.54) is 0 Å². The minimum Gasteiger partial charge on any atom is -0.410 e. The quantitative estimate of drug-likeness (QED) is 0.639. The van der Waals surface area contributed by atoms with Crippen molar-refractivity contribution >= 4 is 14.3 Å². The van der Waals surface area contributed by atoms with Crippen molar-refractivity contribution < 1.29 is 18.8 Å². The predicted molar refractivity (Wildman–Crippen MR) is 86.5 cm³/mol. The first-order chi connectivity index (χ1) is 9.40. The fourth-order valence-corrected chi connectivity index (χ4v) is 6.82. The molecule has 0 saturated heterocycles. The number of carbonyl (C=O) groups is 1. The molecule has 1 aliphatic rings. The van der Waals surface area contributed by atoms with Gasteiger partial charge in [-0.3, -0.25) is 4.79 Å². The van der Waals surface area contributed by atoms with Gasteiger partial charge in [0.25, 0.3) is 0 Å². The number of Topliss-reactive ketones (excluding diaryl/α,β-unsaturated/α-hetero) is 1. The zero-order valence-corrected chi connectivity index (χ0v) is 15.7. The summed E-state index contributed by atoms with van der Waals surface area (Å²) in [4.78, 5) is 23.3. The van der Waals surface area contributed by atoms with Gasteiger partial charge in [0.1, 0.15) is 5.78 Å². The molecule has 0 bridgehead atoms. The van der Waals surface area contributed by atoms with Gasteiger partial charge in [-0.15, -0.1) is 0 Å². The average molecular weight is 317 g/mol. The summed E-state index contributed by atoms with van der Waals surface area (Å²) in [5.41, 5.74) is 0. The van der Waals surface area contributed by atoms with Crippen molar-refractivity contribution in [2.24, 2.45) is 0 Å². The number of methoxy groups -OCH3 is 1. The van der Waals surface area contributed by atoms with Gasteiger partial charge >= 0.3 is 8.56 Å². The number of ketones is 1. The fraction of sp³-hybridized carbons (Fsp3) is 0.938. The molecule has 1 saturated carbocycles. The Labute approximate surface area is 130 Å². The molecule has 0 aromatic carbocycles. The molecule has 0 heterocycles. The van der Waals surface area contributed by atoms with Crippen molar-refractivity contribution in [3.63, 3.8) is 0 Å². The average Bonchev–Trinajstić information content (AvgIpc) is 2.47. The third kappa shape index (κ3) is 4.37. The van der Waals surface area contributed by atoms with E-state index >= 15 is 0 Å². The first kappa shape index (κ1) is 18.8. The lowest BCUT2D eigenvalue weighted by molar-refractivity contribution is -0.120. The van der Waals surface area contributed by atoms with Crippen LogP contribution in [0.5, 0.6) is 0 Å². The number of hydrogen-bond acceptors (Lipinski definition) is 4. The van der Waals surface area contributed by atoms with Crippen LogP contribution < -0.4 is 0 Å². The standard InChI is InChI=1S/C16H32O4Si/c1-15(2,3)21(18,16(4,5)6)20-14-10-12(17)8-9-13(11-14)19-7/h13-14,18H,8-11H2,1-7H3/t13-,14-/m1/s1. The molecule has 0 spiro atoms. The van der Waals surface area contributed by atoms with E-state index in [0.717, 1.165) is 6.42 Å². The molecule has 0 aromatic heterocycles. The van der Waals surface area contributed by atoms with Gasteiger partial charge in [0.2, 0.25) is 0 Å². The maximum atomic E-state index is 11.9. The molecule has 0 aromatic rings. The van der Waals surface area contributed by atoms with Crippen molar-refractivity contribution in [1.29, 1.82) is 0 Å². The van der Waals surface area contributed by atoms with Crippen LogP contribution in [-0.2, 0) is 14.0 Å². The van der Waals surface area contributed by atoms with Crippen LogP contribution in [0.4, 0.5) is 0 Å². The highest BCUT2D eigenvalue weighted by Gasteiger charge is 2.56. The van der Waals surface area contributed by atoms with E-state index in [4.69, 9.17) is 9.16 Å². The molecule has 0 amide bonds. The molecular weight excluding hydrogens is 284 g/mol. The van der Waals surface area contributed by atoms with Crippen LogP contribution in [0.2, 0.25) is 10.1 Å². The monoisotopic (exact) mass is 316 g/mol. The van der Waals surface area contributed by atoms with E-state index in [-0.39, 0.29) is 28.1 Å². The zero-order valence-electron chi connectivity index (χ0n) is 14.7. The summed E-state index contributed by atoms with van der Waals surface area (Å²) in [5.74, 6) is 0.207. The largest absolute Gasteiger partial charge is 0.410 e. The summed E-state index contributed by atoms with van der Waals surface area (Å²) < 4.78 is 11.7. The van der Waals surface area contributed by atoms with Gasteiger partial charge in [-0.25, -0.2) is 0 Å². The summed E-state index contributed by atoms with van der Waals surface area (Å²) in [6.07, 6.45) is 2.17. The molecule has 21 heavy (non-hydrogen) atoms. The van der Waals surface area contributed by atoms with Crippen molar-refractivity contribution in [3.05, 3.63) is 0 Å². The second-order valence-electron chi connectivity index (χ2n) is 8.26. The molecule has 0 unspecified atom stereocenters. The van der Waals surface area contributed by atoms with E-state index in [0.29, 0.717) is 19.3 Å². The molecule has 5 heteroatoms. The molecule has 1 rings (SSSR count). The Morgan fingerprint density at radius 1 is 1.10 bits per heavy atom. The molecule has 124 valence electrons. The first-order valence-corrected chi connectivity index (χ1v) is 9.71. The van der Waals surface area contributed by atoms with Crippen molar-refractivity contribution in [1.82, 2.24) is 0 Å². The van der Waals surface area contributed by atoms with E-state index in [1.54, 1.807) is 7.11 Å². The topological polar surface area (TPSA) is 55.8 Å². The maximum Gasteiger partial charge on any atom is 0.346 e. The smallest absolute Gasteiger partial charge is 0.346 e. The fourth-order valence-electron chi connectivity index (χ4n) is 3.20. The van der Waals surface area contributed by atoms with Crippen molar-refractivity contribution in [3.8, 4) is 0 Å². The highest BCUT2D eigenvalue weighted by molar-refractivity contribution is 6.72. The molecular formula is C16H32O4Si. The summed E-state index contributed by atoms with van der Waals surface area (Å²) in [6, 6.07) is 0. The van der Waals surface area contributed by atoms with Crippen LogP contribution >= 0.6 is 0 Å². The van der Waals surface area contributed by atoms with Crippen molar-refractivity contribution in [2.75, 3.05) is 7.11 Å². The van der Waals surface area contributed by atoms with Gasteiger partial charge in [0.15, 0.2) is 0 Å². The van der Waals surface area contributed by atoms with Gasteiger partial charge in [0, 0.05) is 30.0 Å². The summed E-state index contributed by atoms with van der Waals surface area (Å²) in [6.45, 7) is 12.1. The lowest BCUT2D eigenvalue weighted by atomic mass is 10.1. The molecule has 0 radical (unpaired) electrons. The minimum atomic E-state index is -3.04. The summed E-state index contributed by atoms with van der Waals surface area (Å²) in [7, 11) is -1.37. The van der Waals surface area contributed by atoms with E-state index < -0.39 is 8.56 Å². The predicted octanol–water partition coefficient (Wildman–Crippen LogP) is 3.56. The first-order valence-electron chi connectivity index (χ1n) is 7.85. The number of carbonyl (C=O) groups excluding carboxylic acids is 1. The Morgan fingerprint density at radius 2 is 1.62 bits per heavy atom. The molecule has 0 aliphatic heterocycles. The minimum absolute atomic E-state index is 0.0413. The number of ether oxygens (including phenoxy) is 1. The zero-order chi connectivity index (χ0) is 16.5. The van der Waals surface area contributed by atoms with E-state index in [2.05, 4.69) is 0 Å². The van der Waals surface area contributed by atoms with Crippen LogP contribution in [0.3, 0.4) is 0 Å². The maximum absolute atomic E-state index is 11.9. The van der Waals surface area contributed by atoms with E-state index in [9.17, 15) is 9.59 Å². The molecule has 1 fully saturated rings. The van der Waals surface area contributed by atoms with Crippen LogP contribution in [-0.4, -0.2) is 38.5 Å². The number of hydrogen-bond donors (Lipinski definition) is 1. The van der Waals surface area contributed by atoms with Crippen LogP contribution in [0.15, 0.2) is 0 Å². The Bertz CT molecular complexity index is 353. The second kappa shape index (κ2) is 6.48. The highest BCUT2D eigenvalue weighted by Crippen LogP contribution is 2.50. The lowest BCUT2D eigenvalue weighted by Crippen LogP contribution is -2.57. The molecule has 1 N–H and O–H groups in total. The Balaban J connectivity index is 2.99. The Morgan fingerprint density at radius 3 is 2.05 bits per heavy atom. The molecule has 4 nitrogen and oxygen atoms in total. The third-order valence-electron chi connectivity index (χ3n) is 4.43. The third-order valence-corrected chi connectivity index (χ3v) is 9.17. The van der Waals surface area contributed by atoms with Gasteiger partial charge in [-0.1, -0.05) is 41.5 Å². The van der Waals surface area contributed by atoms with Gasteiger partial charge in [-0.05, 0) is 12.8 Å². The van der Waals surface area contributed by atoms with Crippen molar-refractivity contribution in [2.45, 2.75) is 89.5 Å². The normalized spacial score (nSPS) is 25.8. The summed E-state index contributed by atoms with van der Waals surface area (Å²) >= 11 is 0. The Hall–Kier alpha value is -0.233. The van der Waals surface area contributed by atoms with Crippen LogP contribution in [0.25, 0.3) is 0 Å². The van der Waals surface area contributed by atoms with Gasteiger partial charge < -0.3 is 14.0 Å². The lowest BCUT2D eigenvalue weighted by Gasteiger charge is -2.47. The second-order valence-corrected chi connectivity index (χ2v) is 12.8. The SMILES string of the molecule is CO[C@@H]1CCC(=O)C[C@@H](O[Si](O)(C(C)(C)C)C(C)(C)C)C1. The van der Waals surface area contributed by atoms with E-state index in [1.807, 2.05) is 41.5 Å².